The first kappa shape index (κ1) is 33.2. The summed E-state index contributed by atoms with van der Waals surface area (Å²) in [5, 5.41) is 17.5. The summed E-state index contributed by atoms with van der Waals surface area (Å²) < 4.78 is 69.7. The number of anilines is 1. The lowest BCUT2D eigenvalue weighted by Crippen LogP contribution is -2.66. The smallest absolute Gasteiger partial charge is 0.475 e. The fourth-order valence-corrected chi connectivity index (χ4v) is 3.89. The van der Waals surface area contributed by atoms with Crippen LogP contribution < -0.4 is 5.32 Å². The summed E-state index contributed by atoms with van der Waals surface area (Å²) >= 11 is 0. The van der Waals surface area contributed by atoms with Gasteiger partial charge >= 0.3 is 24.3 Å². The molecule has 2 fully saturated rings. The van der Waals surface area contributed by atoms with Gasteiger partial charge in [0.05, 0.1) is 19.7 Å². The number of likely N-dealkylation sites (tertiary alicyclic amines) is 1. The van der Waals surface area contributed by atoms with Crippen molar-refractivity contribution in [1.82, 2.24) is 19.9 Å². The van der Waals surface area contributed by atoms with Crippen LogP contribution in [-0.4, -0.2) is 92.1 Å². The van der Waals surface area contributed by atoms with Crippen LogP contribution in [0.4, 0.5) is 32.3 Å². The molecular formula is C24H27F6N5O6. The molecule has 11 nitrogen and oxygen atoms in total. The molecular weight excluding hydrogens is 568 g/mol. The Morgan fingerprint density at radius 2 is 1.49 bits per heavy atom. The molecule has 4 heterocycles. The van der Waals surface area contributed by atoms with Crippen LogP contribution in [0, 0.1) is 19.8 Å². The second-order valence-electron chi connectivity index (χ2n) is 9.26. The predicted molar refractivity (Wildman–Crippen MR) is 129 cm³/mol. The quantitative estimate of drug-likeness (QED) is 0.448. The Hall–Kier alpha value is -4.02. The Labute approximate surface area is 229 Å². The first-order valence-corrected chi connectivity index (χ1v) is 11.9. The van der Waals surface area contributed by atoms with Gasteiger partial charge in [0.15, 0.2) is 0 Å². The number of pyridine rings is 1. The normalized spacial score (nSPS) is 17.7. The number of carbonyl (C=O) groups excluding carboxylic acids is 1. The summed E-state index contributed by atoms with van der Waals surface area (Å²) in [7, 11) is 0. The average molecular weight is 595 g/mol. The standard InChI is InChI=1S/C20H25N5O2.2C2HF3O2/c1-14-8-17(9-15(2)24-14)18(26)25-12-20(13-25)5-4-16(11-27-20)10-23-19-21-6-3-7-22-19;2*3-2(4,5)1(6)7/h3,6-9,16H,4-5,10-13H2,1-2H3,(H,21,22,23);2*(H,6,7). The van der Waals surface area contributed by atoms with Crippen molar-refractivity contribution in [2.24, 2.45) is 5.92 Å². The van der Waals surface area contributed by atoms with E-state index in [0.717, 1.165) is 36.3 Å². The first-order chi connectivity index (χ1) is 18.9. The number of halogens is 6. The monoisotopic (exact) mass is 595 g/mol. The molecule has 0 saturated carbocycles. The lowest BCUT2D eigenvalue weighted by atomic mass is 9.82. The van der Waals surface area contributed by atoms with Gasteiger partial charge in [-0.15, -0.1) is 0 Å². The molecule has 3 N–H and O–H groups in total. The zero-order valence-electron chi connectivity index (χ0n) is 21.8. The van der Waals surface area contributed by atoms with E-state index in [2.05, 4.69) is 20.3 Å². The topological polar surface area (TPSA) is 155 Å². The van der Waals surface area contributed by atoms with Crippen molar-refractivity contribution in [3.8, 4) is 0 Å². The number of aromatic nitrogens is 3. The number of carbonyl (C=O) groups is 3. The molecule has 2 saturated heterocycles. The summed E-state index contributed by atoms with van der Waals surface area (Å²) in [6, 6.07) is 5.52. The minimum absolute atomic E-state index is 0.0721. The highest BCUT2D eigenvalue weighted by molar-refractivity contribution is 5.95. The van der Waals surface area contributed by atoms with Crippen LogP contribution in [0.5, 0.6) is 0 Å². The van der Waals surface area contributed by atoms with Gasteiger partial charge in [-0.2, -0.15) is 26.3 Å². The molecule has 2 aliphatic heterocycles. The summed E-state index contributed by atoms with van der Waals surface area (Å²) in [5.41, 5.74) is 2.31. The summed E-state index contributed by atoms with van der Waals surface area (Å²) in [6.07, 6.45) is -4.65. The lowest BCUT2D eigenvalue weighted by Gasteiger charge is -2.52. The van der Waals surface area contributed by atoms with E-state index in [1.165, 1.54) is 0 Å². The maximum absolute atomic E-state index is 12.7. The van der Waals surface area contributed by atoms with E-state index in [1.807, 2.05) is 30.9 Å². The zero-order valence-corrected chi connectivity index (χ0v) is 21.8. The van der Waals surface area contributed by atoms with Gasteiger partial charge in [-0.3, -0.25) is 9.78 Å². The number of aliphatic carboxylic acids is 2. The van der Waals surface area contributed by atoms with Gasteiger partial charge in [0, 0.05) is 35.9 Å². The molecule has 17 heteroatoms. The Morgan fingerprint density at radius 1 is 1.00 bits per heavy atom. The molecule has 226 valence electrons. The Kier molecular flexibility index (Phi) is 11.0. The van der Waals surface area contributed by atoms with Crippen molar-refractivity contribution in [3.05, 3.63) is 47.5 Å². The van der Waals surface area contributed by atoms with Gasteiger partial charge < -0.3 is 25.2 Å². The highest BCUT2D eigenvalue weighted by Crippen LogP contribution is 2.36. The molecule has 1 amide bonds. The Bertz CT molecular complexity index is 1150. The number of hydrogen-bond donors (Lipinski definition) is 3. The number of rotatable bonds is 4. The predicted octanol–water partition coefficient (Wildman–Crippen LogP) is 3.49. The van der Waals surface area contributed by atoms with E-state index >= 15 is 0 Å². The number of carboxylic acid groups (broad SMARTS) is 2. The van der Waals surface area contributed by atoms with Crippen LogP contribution in [-0.2, 0) is 14.3 Å². The third kappa shape index (κ3) is 10.5. The van der Waals surface area contributed by atoms with Crippen molar-refractivity contribution in [3.63, 3.8) is 0 Å². The third-order valence-electron chi connectivity index (χ3n) is 5.81. The highest BCUT2D eigenvalue weighted by atomic mass is 19.4. The van der Waals surface area contributed by atoms with Crippen molar-refractivity contribution < 1.29 is 55.7 Å². The summed E-state index contributed by atoms with van der Waals surface area (Å²) in [4.78, 5) is 45.1. The Balaban J connectivity index is 0.000000349. The third-order valence-corrected chi connectivity index (χ3v) is 5.81. The molecule has 4 rings (SSSR count). The molecule has 1 spiro atoms. The molecule has 0 radical (unpaired) electrons. The van der Waals surface area contributed by atoms with Gasteiger partial charge in [0.2, 0.25) is 5.95 Å². The largest absolute Gasteiger partial charge is 0.490 e. The molecule has 2 aromatic heterocycles. The van der Waals surface area contributed by atoms with E-state index < -0.39 is 24.3 Å². The van der Waals surface area contributed by atoms with Crippen molar-refractivity contribution >= 4 is 23.8 Å². The molecule has 41 heavy (non-hydrogen) atoms. The molecule has 2 aromatic rings. The van der Waals surface area contributed by atoms with Crippen molar-refractivity contribution in [2.45, 2.75) is 44.6 Å². The fraction of sp³-hybridized carbons (Fsp3) is 0.500. The zero-order chi connectivity index (χ0) is 31.0. The molecule has 0 aliphatic carbocycles. The van der Waals surface area contributed by atoms with E-state index in [9.17, 15) is 31.1 Å². The maximum atomic E-state index is 12.7. The van der Waals surface area contributed by atoms with E-state index in [0.29, 0.717) is 31.6 Å². The van der Waals surface area contributed by atoms with Crippen LogP contribution in [0.15, 0.2) is 30.6 Å². The van der Waals surface area contributed by atoms with E-state index in [4.69, 9.17) is 24.5 Å². The van der Waals surface area contributed by atoms with Gasteiger partial charge in [0.1, 0.15) is 5.60 Å². The van der Waals surface area contributed by atoms with Crippen molar-refractivity contribution in [1.29, 1.82) is 0 Å². The van der Waals surface area contributed by atoms with Crippen LogP contribution in [0.1, 0.15) is 34.6 Å². The minimum atomic E-state index is -5.08. The number of nitrogens with one attached hydrogen (secondary N) is 1. The first-order valence-electron chi connectivity index (χ1n) is 11.9. The molecule has 2 aliphatic rings. The van der Waals surface area contributed by atoms with Crippen molar-refractivity contribution in [2.75, 3.05) is 31.6 Å². The molecule has 1 unspecified atom stereocenters. The van der Waals surface area contributed by atoms with E-state index in [-0.39, 0.29) is 11.5 Å². The number of ether oxygens (including phenoxy) is 1. The SMILES string of the molecule is Cc1cc(C(=O)N2CC3(CCC(CNc4ncccn4)CO3)C2)cc(C)n1.O=C(O)C(F)(F)F.O=C(O)C(F)(F)F. The summed E-state index contributed by atoms with van der Waals surface area (Å²) in [6.45, 7) is 6.69. The van der Waals surface area contributed by atoms with Gasteiger partial charge in [-0.25, -0.2) is 19.6 Å². The van der Waals surface area contributed by atoms with Crippen LogP contribution in [0.2, 0.25) is 0 Å². The minimum Gasteiger partial charge on any atom is -0.475 e. The second-order valence-corrected chi connectivity index (χ2v) is 9.26. The highest BCUT2D eigenvalue weighted by Gasteiger charge is 2.48. The van der Waals surface area contributed by atoms with Crippen LogP contribution in [0.25, 0.3) is 0 Å². The molecule has 1 atom stereocenters. The number of nitrogens with zero attached hydrogens (tertiary/aromatic N) is 4. The number of hydrogen-bond acceptors (Lipinski definition) is 8. The molecule has 0 aromatic carbocycles. The van der Waals surface area contributed by atoms with Gasteiger partial charge in [-0.1, -0.05) is 0 Å². The maximum Gasteiger partial charge on any atom is 0.490 e. The fourth-order valence-electron chi connectivity index (χ4n) is 3.89. The lowest BCUT2D eigenvalue weighted by molar-refractivity contribution is -0.193. The van der Waals surface area contributed by atoms with Gasteiger partial charge in [-0.05, 0) is 50.8 Å². The average Bonchev–Trinajstić information content (AvgIpc) is 2.85. The van der Waals surface area contributed by atoms with Crippen LogP contribution >= 0.6 is 0 Å². The Morgan fingerprint density at radius 3 is 1.90 bits per heavy atom. The number of carboxylic acids is 2. The summed E-state index contributed by atoms with van der Waals surface area (Å²) in [5.74, 6) is -4.35. The number of aryl methyl sites for hydroxylation is 2. The molecule has 0 bridgehead atoms. The second kappa shape index (κ2) is 13.6. The van der Waals surface area contributed by atoms with Crippen LogP contribution in [0.3, 0.4) is 0 Å². The number of alkyl halides is 6. The van der Waals surface area contributed by atoms with Gasteiger partial charge in [0.25, 0.3) is 5.91 Å². The van der Waals surface area contributed by atoms with E-state index in [1.54, 1.807) is 18.5 Å². The number of amides is 1.